The van der Waals surface area contributed by atoms with E-state index in [0.29, 0.717) is 16.5 Å². The summed E-state index contributed by atoms with van der Waals surface area (Å²) in [7, 11) is 0. The van der Waals surface area contributed by atoms with Crippen molar-refractivity contribution in [1.82, 2.24) is 9.38 Å². The summed E-state index contributed by atoms with van der Waals surface area (Å²) in [6, 6.07) is 6.92. The second-order valence-corrected chi connectivity index (χ2v) is 6.84. The van der Waals surface area contributed by atoms with Gasteiger partial charge in [-0.1, -0.05) is 11.6 Å². The molecule has 0 amide bonds. The van der Waals surface area contributed by atoms with E-state index in [1.54, 1.807) is 22.6 Å². The van der Waals surface area contributed by atoms with Crippen molar-refractivity contribution < 1.29 is 0 Å². The van der Waals surface area contributed by atoms with Gasteiger partial charge in [-0.05, 0) is 25.1 Å². The highest BCUT2D eigenvalue weighted by Gasteiger charge is 2.08. The summed E-state index contributed by atoms with van der Waals surface area (Å²) in [6.07, 6.45) is 0. The number of hydrogen-bond acceptors (Lipinski definition) is 5. The van der Waals surface area contributed by atoms with E-state index >= 15 is 0 Å². The molecule has 2 aromatic heterocycles. The number of thiazole rings is 1. The minimum absolute atomic E-state index is 0.0478. The number of fused-ring (bicyclic) bond motifs is 1. The summed E-state index contributed by atoms with van der Waals surface area (Å²) in [5.74, 6) is 0.577. The van der Waals surface area contributed by atoms with Crippen LogP contribution in [0.3, 0.4) is 0 Å². The Morgan fingerprint density at radius 2 is 2.24 bits per heavy atom. The number of benzene rings is 1. The normalized spacial score (nSPS) is 11.1. The number of aryl methyl sites for hydroxylation is 1. The van der Waals surface area contributed by atoms with Gasteiger partial charge in [0.2, 0.25) is 0 Å². The van der Waals surface area contributed by atoms with Gasteiger partial charge >= 0.3 is 0 Å². The molecule has 0 radical (unpaired) electrons. The van der Waals surface area contributed by atoms with Gasteiger partial charge in [-0.2, -0.15) is 0 Å². The van der Waals surface area contributed by atoms with Gasteiger partial charge in [0.15, 0.2) is 4.96 Å². The molecule has 7 heteroatoms. The Morgan fingerprint density at radius 3 is 3.05 bits per heavy atom. The Labute approximate surface area is 134 Å². The van der Waals surface area contributed by atoms with Crippen LogP contribution in [-0.4, -0.2) is 9.38 Å². The molecular formula is C14H12ClN3OS2. The topological polar surface area (TPSA) is 60.4 Å². The maximum Gasteiger partial charge on any atom is 0.258 e. The van der Waals surface area contributed by atoms with Crippen molar-refractivity contribution in [2.24, 2.45) is 0 Å². The molecule has 3 aromatic rings. The van der Waals surface area contributed by atoms with E-state index in [0.717, 1.165) is 21.2 Å². The fourth-order valence-electron chi connectivity index (χ4n) is 1.96. The van der Waals surface area contributed by atoms with Gasteiger partial charge in [0, 0.05) is 38.5 Å². The molecule has 0 bridgehead atoms. The first-order valence-electron chi connectivity index (χ1n) is 6.19. The summed E-state index contributed by atoms with van der Waals surface area (Å²) >= 11 is 8.96. The molecule has 0 aliphatic rings. The van der Waals surface area contributed by atoms with Crippen molar-refractivity contribution in [3.05, 3.63) is 56.4 Å². The molecule has 2 N–H and O–H groups in total. The first-order chi connectivity index (χ1) is 10.0. The van der Waals surface area contributed by atoms with E-state index in [1.165, 1.54) is 23.1 Å². The van der Waals surface area contributed by atoms with Crippen LogP contribution >= 0.6 is 34.7 Å². The molecule has 2 heterocycles. The third-order valence-corrected chi connectivity index (χ3v) is 5.26. The summed E-state index contributed by atoms with van der Waals surface area (Å²) in [4.78, 5) is 18.2. The first kappa shape index (κ1) is 14.4. The van der Waals surface area contributed by atoms with Gasteiger partial charge in [-0.3, -0.25) is 9.20 Å². The fourth-order valence-corrected chi connectivity index (χ4v) is 3.98. The number of halogens is 1. The fraction of sp³-hybridized carbons (Fsp3) is 0.143. The lowest BCUT2D eigenvalue weighted by atomic mass is 10.3. The van der Waals surface area contributed by atoms with Gasteiger partial charge in [0.05, 0.1) is 5.69 Å². The SMILES string of the molecule is Cc1csc2nc(CSc3cc(Cl)ccc3N)cc(=O)n12. The van der Waals surface area contributed by atoms with Crippen LogP contribution in [0.25, 0.3) is 4.96 Å². The molecule has 0 fully saturated rings. The van der Waals surface area contributed by atoms with E-state index in [9.17, 15) is 4.79 Å². The first-order valence-corrected chi connectivity index (χ1v) is 8.43. The Kier molecular flexibility index (Phi) is 3.93. The van der Waals surface area contributed by atoms with Crippen LogP contribution in [-0.2, 0) is 5.75 Å². The number of nitrogen functional groups attached to an aromatic ring is 1. The standard InChI is InChI=1S/C14H12ClN3OS2/c1-8-6-21-14-17-10(5-13(19)18(8)14)7-20-12-4-9(15)2-3-11(12)16/h2-6H,7,16H2,1H3. The Morgan fingerprint density at radius 1 is 1.43 bits per heavy atom. The molecule has 0 atom stereocenters. The van der Waals surface area contributed by atoms with Crippen LogP contribution in [0.1, 0.15) is 11.4 Å². The van der Waals surface area contributed by atoms with E-state index in [1.807, 2.05) is 18.4 Å². The van der Waals surface area contributed by atoms with Gasteiger partial charge in [0.25, 0.3) is 5.56 Å². The minimum atomic E-state index is -0.0478. The van der Waals surface area contributed by atoms with Gasteiger partial charge in [0.1, 0.15) is 0 Å². The highest BCUT2D eigenvalue weighted by Crippen LogP contribution is 2.30. The van der Waals surface area contributed by atoms with Gasteiger partial charge in [-0.15, -0.1) is 23.1 Å². The molecule has 0 saturated carbocycles. The number of nitrogens with zero attached hydrogens (tertiary/aromatic N) is 2. The summed E-state index contributed by atoms with van der Waals surface area (Å²) < 4.78 is 1.62. The molecule has 0 spiro atoms. The molecule has 108 valence electrons. The zero-order valence-electron chi connectivity index (χ0n) is 11.2. The zero-order valence-corrected chi connectivity index (χ0v) is 13.6. The van der Waals surface area contributed by atoms with Gasteiger partial charge < -0.3 is 5.73 Å². The van der Waals surface area contributed by atoms with Crippen molar-refractivity contribution in [2.75, 3.05) is 5.73 Å². The number of aromatic nitrogens is 2. The molecule has 0 saturated heterocycles. The average molecular weight is 338 g/mol. The van der Waals surface area contributed by atoms with Gasteiger partial charge in [-0.25, -0.2) is 4.98 Å². The zero-order chi connectivity index (χ0) is 15.0. The lowest BCUT2D eigenvalue weighted by molar-refractivity contribution is 0.997. The van der Waals surface area contributed by atoms with Crippen molar-refractivity contribution in [1.29, 1.82) is 0 Å². The highest BCUT2D eigenvalue weighted by molar-refractivity contribution is 7.98. The lowest BCUT2D eigenvalue weighted by Crippen LogP contribution is -2.14. The number of anilines is 1. The molecule has 0 aliphatic carbocycles. The molecule has 21 heavy (non-hydrogen) atoms. The second kappa shape index (κ2) is 5.71. The quantitative estimate of drug-likeness (QED) is 0.586. The van der Waals surface area contributed by atoms with Crippen LogP contribution < -0.4 is 11.3 Å². The maximum atomic E-state index is 12.1. The van der Waals surface area contributed by atoms with Crippen LogP contribution in [0.4, 0.5) is 5.69 Å². The molecule has 0 aliphatic heterocycles. The molecular weight excluding hydrogens is 326 g/mol. The van der Waals surface area contributed by atoms with E-state index in [2.05, 4.69) is 4.98 Å². The molecule has 3 rings (SSSR count). The van der Waals surface area contributed by atoms with Crippen molar-refractivity contribution >= 4 is 45.3 Å². The van der Waals surface area contributed by atoms with E-state index < -0.39 is 0 Å². The summed E-state index contributed by atoms with van der Waals surface area (Å²) in [6.45, 7) is 1.90. The predicted octanol–water partition coefficient (Wildman–Crippen LogP) is 3.59. The Hall–Kier alpha value is -1.50. The Balaban J connectivity index is 1.88. The van der Waals surface area contributed by atoms with Crippen LogP contribution in [0.2, 0.25) is 5.02 Å². The number of thioether (sulfide) groups is 1. The van der Waals surface area contributed by atoms with E-state index in [4.69, 9.17) is 17.3 Å². The number of hydrogen-bond donors (Lipinski definition) is 1. The molecule has 1 aromatic carbocycles. The highest BCUT2D eigenvalue weighted by atomic mass is 35.5. The van der Waals surface area contributed by atoms with Crippen LogP contribution in [0.15, 0.2) is 39.3 Å². The van der Waals surface area contributed by atoms with Crippen molar-refractivity contribution in [2.45, 2.75) is 17.6 Å². The van der Waals surface area contributed by atoms with Crippen LogP contribution in [0.5, 0.6) is 0 Å². The third kappa shape index (κ3) is 2.92. The maximum absolute atomic E-state index is 12.1. The van der Waals surface area contributed by atoms with Crippen LogP contribution in [0, 0.1) is 6.92 Å². The summed E-state index contributed by atoms with van der Waals surface area (Å²) in [5.41, 5.74) is 8.19. The average Bonchev–Trinajstić information content (AvgIpc) is 2.82. The number of nitrogens with two attached hydrogens (primary N) is 1. The second-order valence-electron chi connectivity index (χ2n) is 4.55. The Bertz CT molecular complexity index is 872. The summed E-state index contributed by atoms with van der Waals surface area (Å²) in [5, 5.41) is 2.57. The van der Waals surface area contributed by atoms with Crippen molar-refractivity contribution in [3.8, 4) is 0 Å². The predicted molar refractivity (Wildman–Crippen MR) is 89.5 cm³/mol. The van der Waals surface area contributed by atoms with E-state index in [-0.39, 0.29) is 5.56 Å². The largest absolute Gasteiger partial charge is 0.398 e. The lowest BCUT2D eigenvalue weighted by Gasteiger charge is -2.06. The number of rotatable bonds is 3. The monoisotopic (exact) mass is 337 g/mol. The molecule has 0 unspecified atom stereocenters. The van der Waals surface area contributed by atoms with Crippen molar-refractivity contribution in [3.63, 3.8) is 0 Å². The minimum Gasteiger partial charge on any atom is -0.398 e. The molecule has 4 nitrogen and oxygen atoms in total. The third-order valence-electron chi connectivity index (χ3n) is 2.98. The smallest absolute Gasteiger partial charge is 0.258 e.